The van der Waals surface area contributed by atoms with Gasteiger partial charge in [0.25, 0.3) is 5.91 Å². The molecule has 5 nitrogen and oxygen atoms in total. The van der Waals surface area contributed by atoms with E-state index in [4.69, 9.17) is 4.74 Å². The molecule has 5 heteroatoms. The standard InChI is InChI=1S/C23H30N2O3/c1-5-21(23(27)24-6-2)25(15-19-11-7-17(3)8-12-19)22(26)16-28-20-13-9-18(4)10-14-20/h7-14,21H,5-6,15-16H2,1-4H3,(H,24,27). The van der Waals surface area contributed by atoms with E-state index in [-0.39, 0.29) is 18.4 Å². The van der Waals surface area contributed by atoms with E-state index in [1.807, 2.05) is 76.2 Å². The van der Waals surface area contributed by atoms with Crippen molar-refractivity contribution in [2.24, 2.45) is 0 Å². The number of nitrogens with zero attached hydrogens (tertiary/aromatic N) is 1. The summed E-state index contributed by atoms with van der Waals surface area (Å²) < 4.78 is 5.67. The quantitative estimate of drug-likeness (QED) is 0.721. The monoisotopic (exact) mass is 382 g/mol. The molecule has 0 aromatic heterocycles. The van der Waals surface area contributed by atoms with E-state index in [9.17, 15) is 9.59 Å². The Balaban J connectivity index is 2.16. The van der Waals surface area contributed by atoms with Gasteiger partial charge in [-0.05, 0) is 44.9 Å². The number of carbonyl (C=O) groups excluding carboxylic acids is 2. The van der Waals surface area contributed by atoms with Crippen molar-refractivity contribution in [3.05, 3.63) is 65.2 Å². The van der Waals surface area contributed by atoms with Crippen LogP contribution in [0.3, 0.4) is 0 Å². The predicted molar refractivity (Wildman–Crippen MR) is 111 cm³/mol. The summed E-state index contributed by atoms with van der Waals surface area (Å²) in [4.78, 5) is 27.1. The molecule has 0 aliphatic rings. The second kappa shape index (κ2) is 10.5. The molecule has 2 aromatic rings. The van der Waals surface area contributed by atoms with Gasteiger partial charge in [-0.3, -0.25) is 9.59 Å². The van der Waals surface area contributed by atoms with Crippen molar-refractivity contribution in [2.75, 3.05) is 13.2 Å². The van der Waals surface area contributed by atoms with Gasteiger partial charge < -0.3 is 15.0 Å². The van der Waals surface area contributed by atoms with Crippen molar-refractivity contribution in [3.8, 4) is 5.75 Å². The smallest absolute Gasteiger partial charge is 0.261 e. The zero-order chi connectivity index (χ0) is 20.5. The average molecular weight is 383 g/mol. The van der Waals surface area contributed by atoms with Gasteiger partial charge in [0.1, 0.15) is 11.8 Å². The number of nitrogens with one attached hydrogen (secondary N) is 1. The third-order valence-electron chi connectivity index (χ3n) is 4.59. The summed E-state index contributed by atoms with van der Waals surface area (Å²) in [6.07, 6.45) is 0.536. The van der Waals surface area contributed by atoms with Gasteiger partial charge >= 0.3 is 0 Å². The highest BCUT2D eigenvalue weighted by molar-refractivity contribution is 5.88. The molecule has 0 aliphatic carbocycles. The zero-order valence-corrected chi connectivity index (χ0v) is 17.2. The maximum Gasteiger partial charge on any atom is 0.261 e. The molecule has 0 saturated heterocycles. The van der Waals surface area contributed by atoms with Crippen LogP contribution in [0.25, 0.3) is 0 Å². The lowest BCUT2D eigenvalue weighted by Crippen LogP contribution is -2.50. The summed E-state index contributed by atoms with van der Waals surface area (Å²) in [6, 6.07) is 15.0. The highest BCUT2D eigenvalue weighted by Crippen LogP contribution is 2.15. The van der Waals surface area contributed by atoms with Crippen LogP contribution >= 0.6 is 0 Å². The van der Waals surface area contributed by atoms with Crippen molar-refractivity contribution in [1.29, 1.82) is 0 Å². The predicted octanol–water partition coefficient (Wildman–Crippen LogP) is 3.63. The van der Waals surface area contributed by atoms with Gasteiger partial charge in [0, 0.05) is 13.1 Å². The molecule has 0 saturated carbocycles. The molecule has 0 heterocycles. The van der Waals surface area contributed by atoms with E-state index in [2.05, 4.69) is 5.32 Å². The topological polar surface area (TPSA) is 58.6 Å². The van der Waals surface area contributed by atoms with Crippen molar-refractivity contribution in [2.45, 2.75) is 46.7 Å². The normalized spacial score (nSPS) is 11.6. The van der Waals surface area contributed by atoms with Gasteiger partial charge in [0.15, 0.2) is 6.61 Å². The zero-order valence-electron chi connectivity index (χ0n) is 17.2. The van der Waals surface area contributed by atoms with Gasteiger partial charge in [0.05, 0.1) is 0 Å². The van der Waals surface area contributed by atoms with Crippen LogP contribution < -0.4 is 10.1 Å². The van der Waals surface area contributed by atoms with E-state index in [1.54, 1.807) is 4.90 Å². The summed E-state index contributed by atoms with van der Waals surface area (Å²) in [6.45, 7) is 8.59. The van der Waals surface area contributed by atoms with E-state index >= 15 is 0 Å². The molecule has 1 N–H and O–H groups in total. The lowest BCUT2D eigenvalue weighted by atomic mass is 10.1. The van der Waals surface area contributed by atoms with Crippen LogP contribution in [0.1, 0.15) is 37.0 Å². The number of rotatable bonds is 9. The van der Waals surface area contributed by atoms with E-state index in [1.165, 1.54) is 0 Å². The highest BCUT2D eigenvalue weighted by Gasteiger charge is 2.28. The fourth-order valence-corrected chi connectivity index (χ4v) is 2.96. The number of ether oxygens (including phenoxy) is 1. The molecule has 28 heavy (non-hydrogen) atoms. The van der Waals surface area contributed by atoms with E-state index in [0.717, 1.165) is 16.7 Å². The summed E-state index contributed by atoms with van der Waals surface area (Å²) in [7, 11) is 0. The number of hydrogen-bond acceptors (Lipinski definition) is 3. The minimum atomic E-state index is -0.532. The average Bonchev–Trinajstić information content (AvgIpc) is 2.69. The number of hydrogen-bond donors (Lipinski definition) is 1. The molecule has 0 fully saturated rings. The van der Waals surface area contributed by atoms with Crippen LogP contribution in [-0.2, 0) is 16.1 Å². The number of carbonyl (C=O) groups is 2. The maximum absolute atomic E-state index is 13.0. The molecule has 1 unspecified atom stereocenters. The third-order valence-corrected chi connectivity index (χ3v) is 4.59. The van der Waals surface area contributed by atoms with Crippen LogP contribution in [0.5, 0.6) is 5.75 Å². The molecule has 0 radical (unpaired) electrons. The number of likely N-dealkylation sites (N-methyl/N-ethyl adjacent to an activating group) is 1. The Kier molecular flexibility index (Phi) is 8.05. The SMILES string of the molecule is CCNC(=O)C(CC)N(Cc1ccc(C)cc1)C(=O)COc1ccc(C)cc1. The van der Waals surface area contributed by atoms with Crippen molar-refractivity contribution >= 4 is 11.8 Å². The second-order valence-electron chi connectivity index (χ2n) is 6.93. The Labute approximate surface area is 167 Å². The largest absolute Gasteiger partial charge is 0.484 e. The minimum Gasteiger partial charge on any atom is -0.484 e. The number of benzene rings is 2. The molecular formula is C23H30N2O3. The van der Waals surface area contributed by atoms with Gasteiger partial charge in [-0.15, -0.1) is 0 Å². The van der Waals surface area contributed by atoms with Crippen molar-refractivity contribution < 1.29 is 14.3 Å². The molecule has 2 amide bonds. The fourth-order valence-electron chi connectivity index (χ4n) is 2.96. The maximum atomic E-state index is 13.0. The number of aryl methyl sites for hydroxylation is 2. The van der Waals surface area contributed by atoms with Gasteiger partial charge in [-0.1, -0.05) is 54.4 Å². The lowest BCUT2D eigenvalue weighted by Gasteiger charge is -2.30. The van der Waals surface area contributed by atoms with Crippen molar-refractivity contribution in [3.63, 3.8) is 0 Å². The first-order chi connectivity index (χ1) is 13.4. The summed E-state index contributed by atoms with van der Waals surface area (Å²) in [5.41, 5.74) is 3.26. The first-order valence-corrected chi connectivity index (χ1v) is 9.76. The first-order valence-electron chi connectivity index (χ1n) is 9.76. The van der Waals surface area contributed by atoms with Gasteiger partial charge in [0.2, 0.25) is 5.91 Å². The summed E-state index contributed by atoms with van der Waals surface area (Å²) >= 11 is 0. The van der Waals surface area contributed by atoms with Crippen LogP contribution in [0.4, 0.5) is 0 Å². The summed E-state index contributed by atoms with van der Waals surface area (Å²) in [5, 5.41) is 2.83. The molecule has 2 rings (SSSR count). The Hall–Kier alpha value is -2.82. The molecule has 0 bridgehead atoms. The lowest BCUT2D eigenvalue weighted by molar-refractivity contribution is -0.142. The van der Waals surface area contributed by atoms with Crippen LogP contribution in [0.15, 0.2) is 48.5 Å². The molecule has 0 aliphatic heterocycles. The highest BCUT2D eigenvalue weighted by atomic mass is 16.5. The summed E-state index contributed by atoms with van der Waals surface area (Å²) in [5.74, 6) is 0.292. The third kappa shape index (κ3) is 6.12. The molecule has 150 valence electrons. The Morgan fingerprint density at radius 3 is 2.07 bits per heavy atom. The first kappa shape index (κ1) is 21.5. The molecule has 1 atom stereocenters. The Bertz CT molecular complexity index is 769. The molecule has 2 aromatic carbocycles. The molecular weight excluding hydrogens is 352 g/mol. The van der Waals surface area contributed by atoms with Crippen molar-refractivity contribution in [1.82, 2.24) is 10.2 Å². The minimum absolute atomic E-state index is 0.106. The Morgan fingerprint density at radius 1 is 0.964 bits per heavy atom. The Morgan fingerprint density at radius 2 is 1.54 bits per heavy atom. The molecule has 0 spiro atoms. The van der Waals surface area contributed by atoms with Crippen LogP contribution in [-0.4, -0.2) is 35.9 Å². The number of amides is 2. The fraction of sp³-hybridized carbons (Fsp3) is 0.391. The van der Waals surface area contributed by atoms with E-state index < -0.39 is 6.04 Å². The van der Waals surface area contributed by atoms with Crippen LogP contribution in [0.2, 0.25) is 0 Å². The van der Waals surface area contributed by atoms with Crippen LogP contribution in [0, 0.1) is 13.8 Å². The van der Waals surface area contributed by atoms with E-state index in [0.29, 0.717) is 25.3 Å². The van der Waals surface area contributed by atoms with Gasteiger partial charge in [-0.2, -0.15) is 0 Å². The van der Waals surface area contributed by atoms with Gasteiger partial charge in [-0.25, -0.2) is 0 Å². The second-order valence-corrected chi connectivity index (χ2v) is 6.93.